The summed E-state index contributed by atoms with van der Waals surface area (Å²) < 4.78 is 1.88. The van der Waals surface area contributed by atoms with E-state index in [0.29, 0.717) is 10.6 Å². The maximum atomic E-state index is 10.6. The number of anilines is 1. The fourth-order valence-corrected chi connectivity index (χ4v) is 3.05. The molecule has 1 fully saturated rings. The number of rotatable bonds is 4. The molecule has 0 saturated carbocycles. The van der Waals surface area contributed by atoms with E-state index in [1.54, 1.807) is 0 Å². The van der Waals surface area contributed by atoms with Crippen LogP contribution in [0.4, 0.5) is 5.95 Å². The maximum Gasteiger partial charge on any atom is 0.313 e. The molecule has 2 rings (SSSR count). The van der Waals surface area contributed by atoms with E-state index in [9.17, 15) is 4.79 Å². The molecule has 0 aromatic carbocycles. The van der Waals surface area contributed by atoms with E-state index in [1.807, 2.05) is 11.6 Å². The smallest absolute Gasteiger partial charge is 0.313 e. The van der Waals surface area contributed by atoms with Crippen molar-refractivity contribution in [2.75, 3.05) is 23.7 Å². The Hall–Kier alpha value is -1.24. The third kappa shape index (κ3) is 3.40. The third-order valence-electron chi connectivity index (χ3n) is 3.32. The summed E-state index contributed by atoms with van der Waals surface area (Å²) in [7, 11) is 1.89. The highest BCUT2D eigenvalue weighted by Gasteiger charge is 2.29. The summed E-state index contributed by atoms with van der Waals surface area (Å²) in [5, 5.41) is 17.6. The number of carboxylic acid groups (broad SMARTS) is 1. The predicted molar refractivity (Wildman–Crippen MR) is 74.6 cm³/mol. The first-order chi connectivity index (χ1) is 8.89. The van der Waals surface area contributed by atoms with Crippen molar-refractivity contribution in [2.24, 2.45) is 12.5 Å². The Morgan fingerprint density at radius 1 is 1.47 bits per heavy atom. The monoisotopic (exact) mass is 284 g/mol. The summed E-state index contributed by atoms with van der Waals surface area (Å²) in [5.74, 6) is 0.00612. The predicted octanol–water partition coefficient (Wildman–Crippen LogP) is 1.62. The minimum atomic E-state index is -0.839. The van der Waals surface area contributed by atoms with Crippen LogP contribution >= 0.6 is 11.8 Å². The van der Waals surface area contributed by atoms with Gasteiger partial charge in [0.1, 0.15) is 0 Å². The molecule has 1 aromatic rings. The lowest BCUT2D eigenvalue weighted by Crippen LogP contribution is -2.41. The Morgan fingerprint density at radius 2 is 2.21 bits per heavy atom. The zero-order valence-electron chi connectivity index (χ0n) is 11.6. The average Bonchev–Trinajstić information content (AvgIpc) is 2.66. The van der Waals surface area contributed by atoms with E-state index >= 15 is 0 Å². The van der Waals surface area contributed by atoms with E-state index < -0.39 is 5.97 Å². The summed E-state index contributed by atoms with van der Waals surface area (Å²) in [6.07, 6.45) is 2.37. The third-order valence-corrected chi connectivity index (χ3v) is 4.32. The first-order valence-electron chi connectivity index (χ1n) is 6.38. The second-order valence-electron chi connectivity index (χ2n) is 5.71. The van der Waals surface area contributed by atoms with Gasteiger partial charge in [0.2, 0.25) is 5.95 Å². The van der Waals surface area contributed by atoms with Gasteiger partial charge in [-0.15, -0.1) is 10.2 Å². The standard InChI is InChI=1S/C12H20N4O2S/c1-12(2)5-4-6-16(8-12)10-13-14-11(15(10)3)19-7-9(17)18/h4-8H2,1-3H3,(H,17,18). The number of hydrogen-bond acceptors (Lipinski definition) is 5. The van der Waals surface area contributed by atoms with Gasteiger partial charge in [0.15, 0.2) is 5.16 Å². The van der Waals surface area contributed by atoms with E-state index in [-0.39, 0.29) is 5.75 Å². The van der Waals surface area contributed by atoms with Crippen molar-refractivity contribution in [3.05, 3.63) is 0 Å². The number of hydrogen-bond donors (Lipinski definition) is 1. The van der Waals surface area contributed by atoms with Gasteiger partial charge in [0.25, 0.3) is 0 Å². The van der Waals surface area contributed by atoms with E-state index in [4.69, 9.17) is 5.11 Å². The lowest BCUT2D eigenvalue weighted by Gasteiger charge is -2.38. The van der Waals surface area contributed by atoms with Gasteiger partial charge in [0, 0.05) is 20.1 Å². The van der Waals surface area contributed by atoms with Gasteiger partial charge in [-0.2, -0.15) is 0 Å². The molecule has 0 atom stereocenters. The van der Waals surface area contributed by atoms with Crippen molar-refractivity contribution >= 4 is 23.7 Å². The van der Waals surface area contributed by atoms with Gasteiger partial charge in [0.05, 0.1) is 5.75 Å². The van der Waals surface area contributed by atoms with Crippen LogP contribution in [0, 0.1) is 5.41 Å². The minimum Gasteiger partial charge on any atom is -0.481 e. The molecule has 1 aromatic heterocycles. The van der Waals surface area contributed by atoms with Gasteiger partial charge >= 0.3 is 5.97 Å². The summed E-state index contributed by atoms with van der Waals surface area (Å²) >= 11 is 1.20. The number of carboxylic acids is 1. The van der Waals surface area contributed by atoms with Crippen molar-refractivity contribution in [2.45, 2.75) is 31.8 Å². The molecule has 1 aliphatic heterocycles. The zero-order valence-corrected chi connectivity index (χ0v) is 12.4. The summed E-state index contributed by atoms with van der Waals surface area (Å²) in [6.45, 7) is 6.47. The molecule has 0 aliphatic carbocycles. The van der Waals surface area contributed by atoms with Crippen LogP contribution < -0.4 is 4.90 Å². The quantitative estimate of drug-likeness (QED) is 0.847. The van der Waals surface area contributed by atoms with Crippen molar-refractivity contribution < 1.29 is 9.90 Å². The molecule has 106 valence electrons. The highest BCUT2D eigenvalue weighted by Crippen LogP contribution is 2.31. The van der Waals surface area contributed by atoms with Gasteiger partial charge in [-0.1, -0.05) is 25.6 Å². The van der Waals surface area contributed by atoms with Crippen LogP contribution in [0.1, 0.15) is 26.7 Å². The molecule has 1 N–H and O–H groups in total. The maximum absolute atomic E-state index is 10.6. The zero-order chi connectivity index (χ0) is 14.0. The SMILES string of the molecule is Cn1c(SCC(=O)O)nnc1N1CCCC(C)(C)C1. The van der Waals surface area contributed by atoms with Crippen molar-refractivity contribution in [3.63, 3.8) is 0 Å². The highest BCUT2D eigenvalue weighted by molar-refractivity contribution is 7.99. The molecule has 1 saturated heterocycles. The van der Waals surface area contributed by atoms with Crippen LogP contribution in [0.3, 0.4) is 0 Å². The summed E-state index contributed by atoms with van der Waals surface area (Å²) in [6, 6.07) is 0. The van der Waals surface area contributed by atoms with Crippen LogP contribution in [-0.4, -0.2) is 44.7 Å². The average molecular weight is 284 g/mol. The second-order valence-corrected chi connectivity index (χ2v) is 6.66. The number of carbonyl (C=O) groups is 1. The van der Waals surface area contributed by atoms with Crippen molar-refractivity contribution in [1.82, 2.24) is 14.8 Å². The number of nitrogens with zero attached hydrogens (tertiary/aromatic N) is 4. The fraction of sp³-hybridized carbons (Fsp3) is 0.750. The number of aromatic nitrogens is 3. The van der Waals surface area contributed by atoms with Crippen LogP contribution in [0.25, 0.3) is 0 Å². The van der Waals surface area contributed by atoms with E-state index in [1.165, 1.54) is 18.2 Å². The number of thioether (sulfide) groups is 1. The Balaban J connectivity index is 2.10. The topological polar surface area (TPSA) is 71.2 Å². The second kappa shape index (κ2) is 5.40. The van der Waals surface area contributed by atoms with E-state index in [2.05, 4.69) is 28.9 Å². The molecule has 0 unspecified atom stereocenters. The normalized spacial score (nSPS) is 18.6. The van der Waals surface area contributed by atoms with Crippen LogP contribution in [-0.2, 0) is 11.8 Å². The largest absolute Gasteiger partial charge is 0.481 e. The number of aliphatic carboxylic acids is 1. The summed E-state index contributed by atoms with van der Waals surface area (Å²) in [5.41, 5.74) is 0.290. The first-order valence-corrected chi connectivity index (χ1v) is 7.36. The molecule has 7 heteroatoms. The van der Waals surface area contributed by atoms with Crippen LogP contribution in [0.2, 0.25) is 0 Å². The van der Waals surface area contributed by atoms with Gasteiger partial charge < -0.3 is 10.0 Å². The molecule has 0 bridgehead atoms. The highest BCUT2D eigenvalue weighted by atomic mass is 32.2. The van der Waals surface area contributed by atoms with Crippen LogP contribution in [0.5, 0.6) is 0 Å². The lowest BCUT2D eigenvalue weighted by molar-refractivity contribution is -0.133. The summed E-state index contributed by atoms with van der Waals surface area (Å²) in [4.78, 5) is 12.8. The lowest BCUT2D eigenvalue weighted by atomic mass is 9.84. The molecule has 1 aliphatic rings. The first kappa shape index (κ1) is 14.2. The Kier molecular flexibility index (Phi) is 4.03. The molecule has 0 radical (unpaired) electrons. The Morgan fingerprint density at radius 3 is 2.84 bits per heavy atom. The Labute approximate surface area is 117 Å². The molecule has 19 heavy (non-hydrogen) atoms. The van der Waals surface area contributed by atoms with Gasteiger partial charge in [-0.05, 0) is 18.3 Å². The molecule has 2 heterocycles. The molecule has 0 amide bonds. The molecular formula is C12H20N4O2S. The fourth-order valence-electron chi connectivity index (χ4n) is 2.43. The molecule has 0 spiro atoms. The van der Waals surface area contributed by atoms with Crippen molar-refractivity contribution in [3.8, 4) is 0 Å². The minimum absolute atomic E-state index is 0.0114. The molecule has 6 nitrogen and oxygen atoms in total. The van der Waals surface area contributed by atoms with Crippen molar-refractivity contribution in [1.29, 1.82) is 0 Å². The van der Waals surface area contributed by atoms with Gasteiger partial charge in [-0.3, -0.25) is 9.36 Å². The number of piperidine rings is 1. The van der Waals surface area contributed by atoms with Gasteiger partial charge in [-0.25, -0.2) is 0 Å². The molecular weight excluding hydrogens is 264 g/mol. The van der Waals surface area contributed by atoms with E-state index in [0.717, 1.165) is 25.5 Å². The van der Waals surface area contributed by atoms with Crippen LogP contribution in [0.15, 0.2) is 5.16 Å². The Bertz CT molecular complexity index is 472.